The van der Waals surface area contributed by atoms with Crippen LogP contribution >= 0.6 is 0 Å². The van der Waals surface area contributed by atoms with Crippen molar-refractivity contribution in [1.29, 1.82) is 0 Å². The smallest absolute Gasteiger partial charge is 0.147 e. The highest BCUT2D eigenvalue weighted by atomic mass is 16.7. The lowest BCUT2D eigenvalue weighted by Crippen LogP contribution is -2.18. The lowest BCUT2D eigenvalue weighted by molar-refractivity contribution is -0.0980. The van der Waals surface area contributed by atoms with Crippen LogP contribution < -0.4 is 0 Å². The van der Waals surface area contributed by atoms with E-state index in [0.717, 1.165) is 13.0 Å². The van der Waals surface area contributed by atoms with Crippen LogP contribution in [0.5, 0.6) is 0 Å². The van der Waals surface area contributed by atoms with E-state index in [1.54, 1.807) is 0 Å². The van der Waals surface area contributed by atoms with E-state index in [4.69, 9.17) is 9.47 Å². The van der Waals surface area contributed by atoms with Crippen LogP contribution in [0, 0.1) is 0 Å². The summed E-state index contributed by atoms with van der Waals surface area (Å²) in [6.07, 6.45) is 8.07. The Morgan fingerprint density at radius 3 is 2.58 bits per heavy atom. The Hall–Kier alpha value is -0.0800. The van der Waals surface area contributed by atoms with Crippen LogP contribution in [0.4, 0.5) is 0 Å². The summed E-state index contributed by atoms with van der Waals surface area (Å²) in [5, 5.41) is 0. The Balaban J connectivity index is 1.91. The van der Waals surface area contributed by atoms with E-state index >= 15 is 0 Å². The monoisotopic (exact) mass is 172 g/mol. The van der Waals surface area contributed by atoms with Crippen molar-refractivity contribution in [1.82, 2.24) is 0 Å². The average molecular weight is 172 g/mol. The highest BCUT2D eigenvalue weighted by Gasteiger charge is 2.12. The minimum Gasteiger partial charge on any atom is -0.355 e. The minimum atomic E-state index is 0.482. The van der Waals surface area contributed by atoms with Crippen molar-refractivity contribution in [2.24, 2.45) is 0 Å². The molecule has 0 radical (unpaired) electrons. The topological polar surface area (TPSA) is 18.5 Å². The van der Waals surface area contributed by atoms with Crippen molar-refractivity contribution in [3.8, 4) is 0 Å². The van der Waals surface area contributed by atoms with Crippen molar-refractivity contribution in [2.45, 2.75) is 51.6 Å². The molecule has 1 aliphatic carbocycles. The van der Waals surface area contributed by atoms with E-state index in [-0.39, 0.29) is 0 Å². The summed E-state index contributed by atoms with van der Waals surface area (Å²) in [5.41, 5.74) is 0. The highest BCUT2D eigenvalue weighted by Crippen LogP contribution is 2.19. The fraction of sp³-hybridized carbons (Fsp3) is 1.00. The molecule has 0 heterocycles. The fourth-order valence-electron chi connectivity index (χ4n) is 1.58. The second kappa shape index (κ2) is 6.44. The van der Waals surface area contributed by atoms with Crippen LogP contribution in [0.3, 0.4) is 0 Å². The maximum absolute atomic E-state index is 5.56. The van der Waals surface area contributed by atoms with E-state index < -0.39 is 0 Å². The molecule has 1 rings (SSSR count). The largest absolute Gasteiger partial charge is 0.355 e. The molecular formula is C10H20O2. The van der Waals surface area contributed by atoms with Gasteiger partial charge in [-0.15, -0.1) is 0 Å². The first-order chi connectivity index (χ1) is 5.93. The Labute approximate surface area is 75.2 Å². The molecule has 2 heteroatoms. The van der Waals surface area contributed by atoms with Gasteiger partial charge in [0.05, 0.1) is 6.10 Å². The van der Waals surface area contributed by atoms with Crippen molar-refractivity contribution in [3.05, 3.63) is 0 Å². The second-order valence-electron chi connectivity index (χ2n) is 3.45. The lowest BCUT2D eigenvalue weighted by atomic mass is 9.98. The van der Waals surface area contributed by atoms with Crippen LogP contribution in [-0.2, 0) is 9.47 Å². The molecule has 0 unspecified atom stereocenters. The summed E-state index contributed by atoms with van der Waals surface area (Å²) in [6, 6.07) is 0. The van der Waals surface area contributed by atoms with Gasteiger partial charge in [-0.1, -0.05) is 26.2 Å². The molecule has 0 spiro atoms. The quantitative estimate of drug-likeness (QED) is 0.469. The molecular weight excluding hydrogens is 152 g/mol. The van der Waals surface area contributed by atoms with E-state index in [1.807, 2.05) is 0 Å². The molecule has 0 amide bonds. The summed E-state index contributed by atoms with van der Waals surface area (Å²) in [5.74, 6) is 0. The van der Waals surface area contributed by atoms with Crippen molar-refractivity contribution in [3.63, 3.8) is 0 Å². The number of hydrogen-bond donors (Lipinski definition) is 0. The van der Waals surface area contributed by atoms with Crippen LogP contribution in [0.25, 0.3) is 0 Å². The molecule has 0 aromatic rings. The van der Waals surface area contributed by atoms with E-state index in [2.05, 4.69) is 6.92 Å². The summed E-state index contributed by atoms with van der Waals surface area (Å²) in [7, 11) is 0. The van der Waals surface area contributed by atoms with Gasteiger partial charge in [0.1, 0.15) is 6.79 Å². The van der Waals surface area contributed by atoms with Gasteiger partial charge in [0.2, 0.25) is 0 Å². The molecule has 0 aromatic carbocycles. The molecule has 1 saturated carbocycles. The van der Waals surface area contributed by atoms with Crippen molar-refractivity contribution in [2.75, 3.05) is 13.4 Å². The molecule has 0 saturated heterocycles. The highest BCUT2D eigenvalue weighted by molar-refractivity contribution is 4.64. The predicted octanol–water partition coefficient (Wildman–Crippen LogP) is 2.72. The van der Waals surface area contributed by atoms with Gasteiger partial charge in [-0.3, -0.25) is 0 Å². The fourth-order valence-corrected chi connectivity index (χ4v) is 1.58. The number of rotatable bonds is 5. The molecule has 2 nitrogen and oxygen atoms in total. The van der Waals surface area contributed by atoms with E-state index in [9.17, 15) is 0 Å². The van der Waals surface area contributed by atoms with E-state index in [1.165, 1.54) is 32.1 Å². The minimum absolute atomic E-state index is 0.482. The standard InChI is InChI=1S/C10H20O2/c1-2-8-11-9-12-10-6-4-3-5-7-10/h10H,2-9H2,1H3. The molecule has 1 aliphatic rings. The Kier molecular flexibility index (Phi) is 5.37. The van der Waals surface area contributed by atoms with Crippen molar-refractivity contribution >= 4 is 0 Å². The third-order valence-corrected chi connectivity index (χ3v) is 2.29. The zero-order valence-electron chi connectivity index (χ0n) is 8.05. The molecule has 0 aromatic heterocycles. The van der Waals surface area contributed by atoms with Crippen LogP contribution in [-0.4, -0.2) is 19.5 Å². The number of ether oxygens (including phenoxy) is 2. The maximum atomic E-state index is 5.56. The van der Waals surface area contributed by atoms with Gasteiger partial charge in [0.25, 0.3) is 0 Å². The van der Waals surface area contributed by atoms with Crippen LogP contribution in [0.15, 0.2) is 0 Å². The Morgan fingerprint density at radius 2 is 1.92 bits per heavy atom. The molecule has 72 valence electrons. The normalized spacial score (nSPS) is 19.8. The third kappa shape index (κ3) is 4.07. The zero-order chi connectivity index (χ0) is 8.65. The summed E-state index contributed by atoms with van der Waals surface area (Å²) in [6.45, 7) is 3.44. The third-order valence-electron chi connectivity index (χ3n) is 2.29. The first-order valence-corrected chi connectivity index (χ1v) is 5.13. The van der Waals surface area contributed by atoms with Gasteiger partial charge < -0.3 is 9.47 Å². The first-order valence-electron chi connectivity index (χ1n) is 5.13. The summed E-state index contributed by atoms with van der Waals surface area (Å²) < 4.78 is 10.8. The SMILES string of the molecule is CCCOCOC1CCCCC1. The van der Waals surface area contributed by atoms with Gasteiger partial charge in [0, 0.05) is 6.61 Å². The van der Waals surface area contributed by atoms with Gasteiger partial charge >= 0.3 is 0 Å². The summed E-state index contributed by atoms with van der Waals surface area (Å²) >= 11 is 0. The summed E-state index contributed by atoms with van der Waals surface area (Å²) in [4.78, 5) is 0. The first kappa shape index (κ1) is 10.0. The van der Waals surface area contributed by atoms with E-state index in [0.29, 0.717) is 12.9 Å². The molecule has 12 heavy (non-hydrogen) atoms. The number of hydrogen-bond acceptors (Lipinski definition) is 2. The lowest BCUT2D eigenvalue weighted by Gasteiger charge is -2.21. The van der Waals surface area contributed by atoms with Gasteiger partial charge in [-0.25, -0.2) is 0 Å². The van der Waals surface area contributed by atoms with Crippen LogP contribution in [0.2, 0.25) is 0 Å². The average Bonchev–Trinajstić information content (AvgIpc) is 2.14. The Bertz CT molecular complexity index is 98.0. The van der Waals surface area contributed by atoms with Crippen molar-refractivity contribution < 1.29 is 9.47 Å². The zero-order valence-corrected chi connectivity index (χ0v) is 8.05. The molecule has 0 atom stereocenters. The predicted molar refractivity (Wildman–Crippen MR) is 49.1 cm³/mol. The molecule has 0 bridgehead atoms. The Morgan fingerprint density at radius 1 is 1.17 bits per heavy atom. The maximum Gasteiger partial charge on any atom is 0.147 e. The van der Waals surface area contributed by atoms with Gasteiger partial charge in [-0.05, 0) is 19.3 Å². The molecule has 0 aliphatic heterocycles. The van der Waals surface area contributed by atoms with Crippen LogP contribution in [0.1, 0.15) is 45.4 Å². The second-order valence-corrected chi connectivity index (χ2v) is 3.45. The molecule has 0 N–H and O–H groups in total. The van der Waals surface area contributed by atoms with Gasteiger partial charge in [0.15, 0.2) is 0 Å². The van der Waals surface area contributed by atoms with Gasteiger partial charge in [-0.2, -0.15) is 0 Å². The molecule has 1 fully saturated rings.